The molecule has 0 amide bonds. The van der Waals surface area contributed by atoms with Gasteiger partial charge in [-0.3, -0.25) is 10.1 Å². The van der Waals surface area contributed by atoms with Gasteiger partial charge < -0.3 is 9.47 Å². The number of rotatable bonds is 18. The Morgan fingerprint density at radius 1 is 0.657 bits per heavy atom. The monoisotopic (exact) mass is 477 g/mol. The van der Waals surface area contributed by atoms with Gasteiger partial charge in [-0.2, -0.15) is 5.10 Å². The number of benzene rings is 1. The van der Waals surface area contributed by atoms with Gasteiger partial charge in [-0.1, -0.05) is 84.1 Å². The Morgan fingerprint density at radius 2 is 1.26 bits per heavy atom. The quantitative estimate of drug-likeness (QED) is 0.186. The first-order valence-corrected chi connectivity index (χ1v) is 13.7. The third-order valence-electron chi connectivity index (χ3n) is 6.23. The lowest BCUT2D eigenvalue weighted by Gasteiger charge is -2.12. The molecule has 5 nitrogen and oxygen atoms in total. The van der Waals surface area contributed by atoms with Crippen LogP contribution in [0.25, 0.3) is 22.6 Å². The summed E-state index contributed by atoms with van der Waals surface area (Å²) in [5, 5.41) is 7.66. The van der Waals surface area contributed by atoms with Gasteiger partial charge in [0.2, 0.25) is 0 Å². The maximum absolute atomic E-state index is 6.15. The average molecular weight is 478 g/mol. The molecular formula is C30H43N3O2. The number of hydrogen-bond acceptors (Lipinski definition) is 4. The van der Waals surface area contributed by atoms with Gasteiger partial charge in [-0.15, -0.1) is 0 Å². The molecule has 0 aliphatic rings. The number of H-pyrrole nitrogens is 1. The molecule has 0 aliphatic carbocycles. The van der Waals surface area contributed by atoms with E-state index >= 15 is 0 Å². The number of pyridine rings is 1. The summed E-state index contributed by atoms with van der Waals surface area (Å²) in [6, 6.07) is 14.1. The second-order valence-corrected chi connectivity index (χ2v) is 9.31. The van der Waals surface area contributed by atoms with Crippen LogP contribution >= 0.6 is 0 Å². The molecule has 0 unspecified atom stereocenters. The fourth-order valence-electron chi connectivity index (χ4n) is 4.15. The van der Waals surface area contributed by atoms with Crippen molar-refractivity contribution in [1.82, 2.24) is 15.2 Å². The zero-order valence-corrected chi connectivity index (χ0v) is 21.7. The number of hydrogen-bond donors (Lipinski definition) is 1. The van der Waals surface area contributed by atoms with Crippen LogP contribution in [0.4, 0.5) is 0 Å². The molecule has 1 N–H and O–H groups in total. The van der Waals surface area contributed by atoms with Crippen molar-refractivity contribution in [2.24, 2.45) is 0 Å². The Bertz CT molecular complexity index is 919. The molecule has 2 aromatic heterocycles. The summed E-state index contributed by atoms with van der Waals surface area (Å²) in [5.74, 6) is 1.69. The van der Waals surface area contributed by atoms with Crippen molar-refractivity contribution in [3.8, 4) is 34.1 Å². The van der Waals surface area contributed by atoms with E-state index in [-0.39, 0.29) is 0 Å². The number of unbranched alkanes of at least 4 members (excludes halogenated alkanes) is 10. The van der Waals surface area contributed by atoms with Crippen molar-refractivity contribution in [3.05, 3.63) is 48.7 Å². The molecule has 0 saturated carbocycles. The van der Waals surface area contributed by atoms with Gasteiger partial charge >= 0.3 is 0 Å². The zero-order chi connectivity index (χ0) is 24.6. The highest BCUT2D eigenvalue weighted by atomic mass is 16.5. The fraction of sp³-hybridized carbons (Fsp3) is 0.533. The van der Waals surface area contributed by atoms with Crippen LogP contribution in [-0.2, 0) is 0 Å². The number of nitrogens with one attached hydrogen (secondary N) is 1. The van der Waals surface area contributed by atoms with Gasteiger partial charge in [-0.05, 0) is 43.2 Å². The Morgan fingerprint density at radius 3 is 1.83 bits per heavy atom. The summed E-state index contributed by atoms with van der Waals surface area (Å²) in [6.07, 6.45) is 16.8. The molecule has 3 aromatic rings. The van der Waals surface area contributed by atoms with E-state index in [1.165, 1.54) is 64.2 Å². The molecule has 2 heterocycles. The van der Waals surface area contributed by atoms with Crippen LogP contribution < -0.4 is 9.47 Å². The molecule has 0 aliphatic heterocycles. The highest BCUT2D eigenvalue weighted by Crippen LogP contribution is 2.31. The predicted octanol–water partition coefficient (Wildman–Crippen LogP) is 8.62. The lowest BCUT2D eigenvalue weighted by atomic mass is 10.1. The van der Waals surface area contributed by atoms with Crippen LogP contribution in [0.5, 0.6) is 11.5 Å². The Kier molecular flexibility index (Phi) is 12.2. The van der Waals surface area contributed by atoms with Crippen molar-refractivity contribution in [2.45, 2.75) is 90.9 Å². The summed E-state index contributed by atoms with van der Waals surface area (Å²) in [4.78, 5) is 4.42. The summed E-state index contributed by atoms with van der Waals surface area (Å²) >= 11 is 0. The Hall–Kier alpha value is -2.82. The zero-order valence-electron chi connectivity index (χ0n) is 21.7. The molecule has 0 saturated heterocycles. The number of aromatic amines is 1. The van der Waals surface area contributed by atoms with Gasteiger partial charge in [0.05, 0.1) is 30.3 Å². The Labute approximate surface area is 211 Å². The summed E-state index contributed by atoms with van der Waals surface area (Å²) in [6.45, 7) is 5.96. The molecule has 1 aromatic carbocycles. The van der Waals surface area contributed by atoms with Crippen LogP contribution in [0.3, 0.4) is 0 Å². The van der Waals surface area contributed by atoms with E-state index in [9.17, 15) is 0 Å². The fourth-order valence-corrected chi connectivity index (χ4v) is 4.15. The summed E-state index contributed by atoms with van der Waals surface area (Å²) in [7, 11) is 0. The minimum absolute atomic E-state index is 0.728. The maximum Gasteiger partial charge on any atom is 0.123 e. The molecule has 0 bridgehead atoms. The highest BCUT2D eigenvalue weighted by molar-refractivity contribution is 5.68. The van der Waals surface area contributed by atoms with Crippen molar-refractivity contribution in [1.29, 1.82) is 0 Å². The molecule has 5 heteroatoms. The third kappa shape index (κ3) is 9.75. The van der Waals surface area contributed by atoms with E-state index in [2.05, 4.69) is 41.2 Å². The first kappa shape index (κ1) is 26.8. The number of ether oxygens (including phenoxy) is 2. The molecule has 35 heavy (non-hydrogen) atoms. The van der Waals surface area contributed by atoms with Gasteiger partial charge in [0.15, 0.2) is 0 Å². The average Bonchev–Trinajstić information content (AvgIpc) is 3.39. The summed E-state index contributed by atoms with van der Waals surface area (Å²) in [5.41, 5.74) is 3.62. The topological polar surface area (TPSA) is 60.0 Å². The molecule has 190 valence electrons. The van der Waals surface area contributed by atoms with E-state index in [4.69, 9.17) is 9.47 Å². The largest absolute Gasteiger partial charge is 0.493 e. The van der Waals surface area contributed by atoms with Crippen LogP contribution in [0.15, 0.2) is 48.7 Å². The lowest BCUT2D eigenvalue weighted by molar-refractivity contribution is 0.290. The first-order chi connectivity index (χ1) is 17.3. The number of nitrogens with zero attached hydrogens (tertiary/aromatic N) is 2. The van der Waals surface area contributed by atoms with E-state index in [1.807, 2.05) is 30.3 Å². The van der Waals surface area contributed by atoms with Crippen molar-refractivity contribution in [2.75, 3.05) is 13.2 Å². The second-order valence-electron chi connectivity index (χ2n) is 9.31. The van der Waals surface area contributed by atoms with Gasteiger partial charge in [0.25, 0.3) is 0 Å². The SMILES string of the molecule is CCCCCCCCOc1cc(OCCCCCCCC)cc(-c2cc(-c3ccccn3)[nH]n2)c1. The van der Waals surface area contributed by atoms with E-state index < -0.39 is 0 Å². The van der Waals surface area contributed by atoms with Crippen LogP contribution in [-0.4, -0.2) is 28.4 Å². The normalized spacial score (nSPS) is 11.0. The molecule has 3 rings (SSSR count). The molecule has 0 atom stereocenters. The Balaban J connectivity index is 1.62. The predicted molar refractivity (Wildman–Crippen MR) is 145 cm³/mol. The van der Waals surface area contributed by atoms with Gasteiger partial charge in [-0.25, -0.2) is 0 Å². The third-order valence-corrected chi connectivity index (χ3v) is 6.23. The van der Waals surface area contributed by atoms with E-state index in [1.54, 1.807) is 6.20 Å². The van der Waals surface area contributed by atoms with Crippen molar-refractivity contribution < 1.29 is 9.47 Å². The first-order valence-electron chi connectivity index (χ1n) is 13.7. The minimum Gasteiger partial charge on any atom is -0.493 e. The van der Waals surface area contributed by atoms with Crippen molar-refractivity contribution in [3.63, 3.8) is 0 Å². The smallest absolute Gasteiger partial charge is 0.123 e. The lowest BCUT2D eigenvalue weighted by Crippen LogP contribution is -2.01. The van der Waals surface area contributed by atoms with Gasteiger partial charge in [0, 0.05) is 17.8 Å². The van der Waals surface area contributed by atoms with Gasteiger partial charge in [0.1, 0.15) is 11.5 Å². The van der Waals surface area contributed by atoms with E-state index in [0.29, 0.717) is 0 Å². The van der Waals surface area contributed by atoms with Crippen molar-refractivity contribution >= 4 is 0 Å². The highest BCUT2D eigenvalue weighted by Gasteiger charge is 2.11. The standard InChI is InChI=1S/C30H43N3O2/c1-3-5-7-9-11-15-19-34-26-21-25(22-27(23-26)35-20-16-12-10-8-6-4-2)29-24-30(33-32-29)28-17-13-14-18-31-28/h13-14,17-18,21-24H,3-12,15-16,19-20H2,1-2H3,(H,32,33). The minimum atomic E-state index is 0.728. The number of aromatic nitrogens is 3. The summed E-state index contributed by atoms with van der Waals surface area (Å²) < 4.78 is 12.3. The molecule has 0 fully saturated rings. The molecule has 0 spiro atoms. The van der Waals surface area contributed by atoms with Crippen LogP contribution in [0.1, 0.15) is 90.9 Å². The van der Waals surface area contributed by atoms with E-state index in [0.717, 1.165) is 60.2 Å². The maximum atomic E-state index is 6.15. The molecular weight excluding hydrogens is 434 g/mol. The molecule has 0 radical (unpaired) electrons. The van der Waals surface area contributed by atoms with Crippen LogP contribution in [0.2, 0.25) is 0 Å². The van der Waals surface area contributed by atoms with Crippen LogP contribution in [0, 0.1) is 0 Å². The second kappa shape index (κ2) is 16.0.